The number of halogens is 3. The maximum absolute atomic E-state index is 11.7. The Morgan fingerprint density at radius 1 is 1.27 bits per heavy atom. The van der Waals surface area contributed by atoms with Crippen LogP contribution in [0.1, 0.15) is 74.0 Å². The van der Waals surface area contributed by atoms with Crippen molar-refractivity contribution >= 4 is 42.3 Å². The van der Waals surface area contributed by atoms with Crippen molar-refractivity contribution in [2.45, 2.75) is 57.9 Å². The smallest absolute Gasteiger partial charge is 0.250 e. The van der Waals surface area contributed by atoms with E-state index in [-0.39, 0.29) is 37.5 Å². The predicted molar refractivity (Wildman–Crippen MR) is 125 cm³/mol. The number of primary amides is 1. The van der Waals surface area contributed by atoms with E-state index >= 15 is 0 Å². The van der Waals surface area contributed by atoms with E-state index in [1.807, 2.05) is 0 Å². The summed E-state index contributed by atoms with van der Waals surface area (Å²) in [6.45, 7) is 4.20. The van der Waals surface area contributed by atoms with Gasteiger partial charge in [-0.2, -0.15) is 0 Å². The molecule has 3 N–H and O–H groups in total. The van der Waals surface area contributed by atoms with Crippen molar-refractivity contribution in [3.8, 4) is 0 Å². The first kappa shape index (κ1) is 25.7. The van der Waals surface area contributed by atoms with E-state index in [0.717, 1.165) is 43.0 Å². The van der Waals surface area contributed by atoms with Crippen LogP contribution >= 0.6 is 36.4 Å². The van der Waals surface area contributed by atoms with Gasteiger partial charge in [-0.15, -0.1) is 24.8 Å². The van der Waals surface area contributed by atoms with E-state index in [4.69, 9.17) is 17.3 Å². The second-order valence-corrected chi connectivity index (χ2v) is 10.0. The third-order valence-corrected chi connectivity index (χ3v) is 7.73. The molecule has 8 heteroatoms. The van der Waals surface area contributed by atoms with E-state index in [0.29, 0.717) is 16.0 Å². The molecular formula is C22H34Cl3N3O2. The molecule has 4 aliphatic rings. The van der Waals surface area contributed by atoms with Crippen LogP contribution in [0.25, 0.3) is 0 Å². The summed E-state index contributed by atoms with van der Waals surface area (Å²) in [7, 11) is 0. The molecule has 0 radical (unpaired) electrons. The fourth-order valence-electron chi connectivity index (χ4n) is 6.66. The van der Waals surface area contributed by atoms with Crippen LogP contribution in [0.3, 0.4) is 0 Å². The molecule has 4 saturated carbocycles. The van der Waals surface area contributed by atoms with Gasteiger partial charge in [-0.05, 0) is 81.1 Å². The first-order valence-corrected chi connectivity index (χ1v) is 11.1. The molecule has 5 rings (SSSR count). The maximum Gasteiger partial charge on any atom is 0.250 e. The van der Waals surface area contributed by atoms with Crippen LogP contribution in [0.15, 0.2) is 12.3 Å². The summed E-state index contributed by atoms with van der Waals surface area (Å²) in [5, 5.41) is 9.73. The summed E-state index contributed by atoms with van der Waals surface area (Å²) in [4.78, 5) is 18.7. The lowest BCUT2D eigenvalue weighted by atomic mass is 9.49. The standard InChI is InChI=1S/C22H32ClN3O2.2ClH/c1-14(20-8-18(21(24)28)19(23)12-25-20)26(3-2-4-27)13-22-9-15-5-16(10-22)7-17(6-15)11-22;;/h8,12,14-17,27H,2-7,9-11,13H2,1H3,(H2,24,28);2*1H. The normalized spacial score (nSPS) is 29.9. The molecule has 5 nitrogen and oxygen atoms in total. The fourth-order valence-corrected chi connectivity index (χ4v) is 6.85. The highest BCUT2D eigenvalue weighted by Crippen LogP contribution is 2.60. The number of carbonyl (C=O) groups is 1. The molecule has 1 aromatic heterocycles. The minimum Gasteiger partial charge on any atom is -0.396 e. The lowest BCUT2D eigenvalue weighted by Gasteiger charge is -2.58. The molecule has 1 unspecified atom stereocenters. The lowest BCUT2D eigenvalue weighted by molar-refractivity contribution is -0.0746. The van der Waals surface area contributed by atoms with E-state index in [9.17, 15) is 9.90 Å². The average Bonchev–Trinajstić information content (AvgIpc) is 2.63. The van der Waals surface area contributed by atoms with Crippen LogP contribution in [0.5, 0.6) is 0 Å². The van der Waals surface area contributed by atoms with Gasteiger partial charge in [-0.1, -0.05) is 11.6 Å². The van der Waals surface area contributed by atoms with Crippen LogP contribution in [0.2, 0.25) is 5.02 Å². The highest BCUT2D eigenvalue weighted by atomic mass is 35.5. The van der Waals surface area contributed by atoms with E-state index in [1.165, 1.54) is 44.7 Å². The number of hydrogen-bond acceptors (Lipinski definition) is 4. The summed E-state index contributed by atoms with van der Waals surface area (Å²) in [5.41, 5.74) is 7.04. The highest BCUT2D eigenvalue weighted by Gasteiger charge is 2.51. The monoisotopic (exact) mass is 477 g/mol. The summed E-state index contributed by atoms with van der Waals surface area (Å²) < 4.78 is 0. The van der Waals surface area contributed by atoms with Crippen molar-refractivity contribution in [1.82, 2.24) is 9.88 Å². The first-order valence-electron chi connectivity index (χ1n) is 10.7. The van der Waals surface area contributed by atoms with Gasteiger partial charge in [0.15, 0.2) is 0 Å². The highest BCUT2D eigenvalue weighted by molar-refractivity contribution is 6.33. The minimum atomic E-state index is -0.524. The fraction of sp³-hybridized carbons (Fsp3) is 0.727. The number of rotatable bonds is 8. The van der Waals surface area contributed by atoms with E-state index in [1.54, 1.807) is 6.07 Å². The number of carbonyl (C=O) groups excluding carboxylic acids is 1. The molecule has 30 heavy (non-hydrogen) atoms. The van der Waals surface area contributed by atoms with Crippen LogP contribution in [-0.4, -0.2) is 40.6 Å². The number of nitrogens with zero attached hydrogens (tertiary/aromatic N) is 2. The van der Waals surface area contributed by atoms with Gasteiger partial charge < -0.3 is 10.8 Å². The molecule has 4 aliphatic carbocycles. The minimum absolute atomic E-state index is 0. The Labute approximate surface area is 197 Å². The van der Waals surface area contributed by atoms with Crippen molar-refractivity contribution in [2.24, 2.45) is 28.9 Å². The predicted octanol–water partition coefficient (Wildman–Crippen LogP) is 4.64. The van der Waals surface area contributed by atoms with Gasteiger partial charge in [0.2, 0.25) is 5.91 Å². The molecule has 0 aromatic carbocycles. The third kappa shape index (κ3) is 5.24. The Morgan fingerprint density at radius 2 is 1.83 bits per heavy atom. The van der Waals surface area contributed by atoms with Gasteiger partial charge in [0.05, 0.1) is 16.3 Å². The van der Waals surface area contributed by atoms with Crippen molar-refractivity contribution in [3.63, 3.8) is 0 Å². The zero-order chi connectivity index (χ0) is 19.9. The van der Waals surface area contributed by atoms with E-state index in [2.05, 4.69) is 16.8 Å². The molecule has 1 heterocycles. The molecule has 170 valence electrons. The van der Waals surface area contributed by atoms with Gasteiger partial charge in [0.25, 0.3) is 0 Å². The second kappa shape index (κ2) is 10.4. The third-order valence-electron chi connectivity index (χ3n) is 7.42. The zero-order valence-electron chi connectivity index (χ0n) is 17.6. The maximum atomic E-state index is 11.7. The van der Waals surface area contributed by atoms with Crippen molar-refractivity contribution in [3.05, 3.63) is 28.5 Å². The van der Waals surface area contributed by atoms with Gasteiger partial charge in [-0.3, -0.25) is 14.7 Å². The number of aliphatic hydroxyl groups is 1. The van der Waals surface area contributed by atoms with Crippen LogP contribution < -0.4 is 5.73 Å². The van der Waals surface area contributed by atoms with Crippen molar-refractivity contribution in [2.75, 3.05) is 19.7 Å². The zero-order valence-corrected chi connectivity index (χ0v) is 19.9. The number of aromatic nitrogens is 1. The number of amides is 1. The molecule has 1 aromatic rings. The summed E-state index contributed by atoms with van der Waals surface area (Å²) in [5.74, 6) is 2.22. The number of nitrogens with two attached hydrogens (primary N) is 1. The average molecular weight is 479 g/mol. The Balaban J connectivity index is 0.00000160. The van der Waals surface area contributed by atoms with Gasteiger partial charge in [0.1, 0.15) is 0 Å². The largest absolute Gasteiger partial charge is 0.396 e. The molecule has 0 spiro atoms. The topological polar surface area (TPSA) is 79.5 Å². The van der Waals surface area contributed by atoms with Crippen molar-refractivity contribution in [1.29, 1.82) is 0 Å². The number of hydrogen-bond donors (Lipinski definition) is 2. The molecular weight excluding hydrogens is 445 g/mol. The Hall–Kier alpha value is -0.590. The number of pyridine rings is 1. The Morgan fingerprint density at radius 3 is 2.33 bits per heavy atom. The summed E-state index contributed by atoms with van der Waals surface area (Å²) in [6.07, 6.45) is 10.6. The Kier molecular flexibility index (Phi) is 8.86. The van der Waals surface area contributed by atoms with E-state index < -0.39 is 5.91 Å². The van der Waals surface area contributed by atoms with Crippen LogP contribution in [0.4, 0.5) is 0 Å². The molecule has 4 bridgehead atoms. The first-order chi connectivity index (χ1) is 13.4. The Bertz CT molecular complexity index is 711. The molecule has 0 aliphatic heterocycles. The van der Waals surface area contributed by atoms with Crippen LogP contribution in [-0.2, 0) is 0 Å². The quantitative estimate of drug-likeness (QED) is 0.570. The summed E-state index contributed by atoms with van der Waals surface area (Å²) in [6, 6.07) is 1.79. The van der Waals surface area contributed by atoms with Gasteiger partial charge in [-0.25, -0.2) is 0 Å². The lowest BCUT2D eigenvalue weighted by Crippen LogP contribution is -2.51. The van der Waals surface area contributed by atoms with Gasteiger partial charge in [0, 0.05) is 31.9 Å². The van der Waals surface area contributed by atoms with Crippen LogP contribution in [0, 0.1) is 23.2 Å². The molecule has 1 amide bonds. The molecule has 1 atom stereocenters. The SMILES string of the molecule is CC(c1cc(C(N)=O)c(Cl)cn1)N(CCCO)CC12CC3CC(CC(C3)C1)C2.Cl.Cl. The molecule has 4 fully saturated rings. The summed E-state index contributed by atoms with van der Waals surface area (Å²) >= 11 is 6.09. The van der Waals surface area contributed by atoms with Gasteiger partial charge >= 0.3 is 0 Å². The van der Waals surface area contributed by atoms with Crippen molar-refractivity contribution < 1.29 is 9.90 Å². The number of aliphatic hydroxyl groups excluding tert-OH is 1. The second-order valence-electron chi connectivity index (χ2n) is 9.59. The molecule has 0 saturated heterocycles.